The molecular formula is C14H17N5O3. The number of amides is 1. The molecule has 0 aliphatic heterocycles. The van der Waals surface area contributed by atoms with E-state index in [4.69, 9.17) is 5.11 Å². The summed E-state index contributed by atoms with van der Waals surface area (Å²) in [6, 6.07) is 2.30. The Kier molecular flexibility index (Phi) is 5.18. The fourth-order valence-corrected chi connectivity index (χ4v) is 1.89. The molecule has 0 aromatic carbocycles. The lowest BCUT2D eigenvalue weighted by atomic mass is 10.1. The molecule has 0 spiro atoms. The molecule has 1 amide bonds. The number of rotatable bonds is 7. The third kappa shape index (κ3) is 3.87. The number of carboxylic acid groups (broad SMARTS) is 1. The number of aromatic nitrogens is 4. The van der Waals surface area contributed by atoms with Crippen LogP contribution in [0.1, 0.15) is 36.5 Å². The zero-order valence-electron chi connectivity index (χ0n) is 12.1. The van der Waals surface area contributed by atoms with Crippen LogP contribution in [-0.2, 0) is 4.79 Å². The maximum Gasteiger partial charge on any atom is 0.326 e. The van der Waals surface area contributed by atoms with Crippen molar-refractivity contribution in [3.05, 3.63) is 36.5 Å². The highest BCUT2D eigenvalue weighted by molar-refractivity contribution is 5.96. The van der Waals surface area contributed by atoms with Crippen molar-refractivity contribution in [3.63, 3.8) is 0 Å². The predicted octanol–water partition coefficient (Wildman–Crippen LogP) is 1.04. The van der Waals surface area contributed by atoms with Crippen LogP contribution in [0.15, 0.2) is 31.0 Å². The Bertz CT molecular complexity index is 624. The second kappa shape index (κ2) is 7.30. The third-order valence-corrected chi connectivity index (χ3v) is 3.11. The van der Waals surface area contributed by atoms with Gasteiger partial charge in [-0.05, 0) is 18.6 Å². The standard InChI is InChI=1S/C14H17N5O3/c1-2-3-4-11(14(21)22)18-13(20)10-5-6-12(16-7-10)19-9-15-8-17-19/h5-9,11H,2-4H2,1H3,(H,18,20)(H,21,22)/t11-/m0/s1. The van der Waals surface area contributed by atoms with E-state index in [1.807, 2.05) is 6.92 Å². The van der Waals surface area contributed by atoms with E-state index in [0.29, 0.717) is 17.8 Å². The molecule has 0 saturated heterocycles. The van der Waals surface area contributed by atoms with Crippen molar-refractivity contribution in [1.29, 1.82) is 0 Å². The minimum Gasteiger partial charge on any atom is -0.480 e. The van der Waals surface area contributed by atoms with E-state index < -0.39 is 17.9 Å². The molecule has 2 rings (SSSR count). The average molecular weight is 303 g/mol. The first-order valence-electron chi connectivity index (χ1n) is 6.96. The van der Waals surface area contributed by atoms with Gasteiger partial charge in [0.05, 0.1) is 5.56 Å². The quantitative estimate of drug-likeness (QED) is 0.790. The Labute approximate surface area is 127 Å². The van der Waals surface area contributed by atoms with Crippen molar-refractivity contribution >= 4 is 11.9 Å². The van der Waals surface area contributed by atoms with E-state index in [9.17, 15) is 9.59 Å². The predicted molar refractivity (Wildman–Crippen MR) is 77.6 cm³/mol. The number of hydrogen-bond donors (Lipinski definition) is 2. The zero-order chi connectivity index (χ0) is 15.9. The van der Waals surface area contributed by atoms with Gasteiger partial charge < -0.3 is 10.4 Å². The normalized spacial score (nSPS) is 11.9. The second-order valence-electron chi connectivity index (χ2n) is 4.75. The smallest absolute Gasteiger partial charge is 0.326 e. The summed E-state index contributed by atoms with van der Waals surface area (Å²) in [5.41, 5.74) is 0.298. The van der Waals surface area contributed by atoms with Gasteiger partial charge in [-0.25, -0.2) is 19.4 Å². The number of pyridine rings is 1. The number of unbranched alkanes of at least 4 members (excludes halogenated alkanes) is 1. The first-order valence-corrected chi connectivity index (χ1v) is 6.96. The molecule has 116 valence electrons. The summed E-state index contributed by atoms with van der Waals surface area (Å²) in [5.74, 6) is -0.968. The van der Waals surface area contributed by atoms with Crippen LogP contribution in [0.3, 0.4) is 0 Å². The van der Waals surface area contributed by atoms with Gasteiger partial charge in [-0.3, -0.25) is 4.79 Å². The molecule has 0 fully saturated rings. The molecule has 0 unspecified atom stereocenters. The molecule has 0 aliphatic rings. The SMILES string of the molecule is CCCC[C@H](NC(=O)c1ccc(-n2cncn2)nc1)C(=O)O. The van der Waals surface area contributed by atoms with Crippen LogP contribution in [0, 0.1) is 0 Å². The highest BCUT2D eigenvalue weighted by atomic mass is 16.4. The fourth-order valence-electron chi connectivity index (χ4n) is 1.89. The highest BCUT2D eigenvalue weighted by Gasteiger charge is 2.20. The van der Waals surface area contributed by atoms with Crippen LogP contribution >= 0.6 is 0 Å². The summed E-state index contributed by atoms with van der Waals surface area (Å²) in [6.07, 6.45) is 6.27. The lowest BCUT2D eigenvalue weighted by Gasteiger charge is -2.14. The van der Waals surface area contributed by atoms with Crippen LogP contribution in [0.5, 0.6) is 0 Å². The Morgan fingerprint density at radius 3 is 2.77 bits per heavy atom. The summed E-state index contributed by atoms with van der Waals surface area (Å²) in [6.45, 7) is 1.97. The third-order valence-electron chi connectivity index (χ3n) is 3.11. The highest BCUT2D eigenvalue weighted by Crippen LogP contribution is 2.06. The molecule has 0 aliphatic carbocycles. The fraction of sp³-hybridized carbons (Fsp3) is 0.357. The van der Waals surface area contributed by atoms with Crippen LogP contribution in [0.25, 0.3) is 5.82 Å². The summed E-state index contributed by atoms with van der Waals surface area (Å²) in [4.78, 5) is 31.1. The molecule has 8 nitrogen and oxygen atoms in total. The van der Waals surface area contributed by atoms with Gasteiger partial charge in [0.15, 0.2) is 5.82 Å². The maximum atomic E-state index is 12.1. The molecule has 8 heteroatoms. The Balaban J connectivity index is 2.04. The maximum absolute atomic E-state index is 12.1. The molecule has 2 aromatic heterocycles. The largest absolute Gasteiger partial charge is 0.480 e. The minimum atomic E-state index is -1.03. The van der Waals surface area contributed by atoms with Gasteiger partial charge >= 0.3 is 5.97 Å². The van der Waals surface area contributed by atoms with Crippen LogP contribution < -0.4 is 5.32 Å². The van der Waals surface area contributed by atoms with E-state index in [2.05, 4.69) is 20.4 Å². The molecule has 2 N–H and O–H groups in total. The number of nitrogens with one attached hydrogen (secondary N) is 1. The Hall–Kier alpha value is -2.77. The molecule has 0 bridgehead atoms. The van der Waals surface area contributed by atoms with Crippen molar-refractivity contribution in [2.45, 2.75) is 32.2 Å². The van der Waals surface area contributed by atoms with E-state index in [-0.39, 0.29) is 0 Å². The Morgan fingerprint density at radius 1 is 1.41 bits per heavy atom. The van der Waals surface area contributed by atoms with E-state index in [1.165, 1.54) is 23.5 Å². The Morgan fingerprint density at radius 2 is 2.23 bits per heavy atom. The van der Waals surface area contributed by atoms with Gasteiger partial charge in [0.2, 0.25) is 0 Å². The lowest BCUT2D eigenvalue weighted by molar-refractivity contribution is -0.139. The van der Waals surface area contributed by atoms with Gasteiger partial charge in [-0.1, -0.05) is 19.8 Å². The van der Waals surface area contributed by atoms with E-state index in [1.54, 1.807) is 12.1 Å². The summed E-state index contributed by atoms with van der Waals surface area (Å²) in [5, 5.41) is 15.6. The second-order valence-corrected chi connectivity index (χ2v) is 4.75. The van der Waals surface area contributed by atoms with Gasteiger partial charge in [-0.2, -0.15) is 5.10 Å². The number of carboxylic acids is 1. The van der Waals surface area contributed by atoms with Crippen molar-refractivity contribution in [1.82, 2.24) is 25.1 Å². The van der Waals surface area contributed by atoms with Crippen LogP contribution in [0.2, 0.25) is 0 Å². The topological polar surface area (TPSA) is 110 Å². The van der Waals surface area contributed by atoms with Gasteiger partial charge in [0.25, 0.3) is 5.91 Å². The molecule has 2 aromatic rings. The molecule has 0 radical (unpaired) electrons. The zero-order valence-corrected chi connectivity index (χ0v) is 12.1. The average Bonchev–Trinajstić information content (AvgIpc) is 3.05. The van der Waals surface area contributed by atoms with Crippen LogP contribution in [-0.4, -0.2) is 42.8 Å². The van der Waals surface area contributed by atoms with E-state index >= 15 is 0 Å². The number of nitrogens with zero attached hydrogens (tertiary/aromatic N) is 4. The number of hydrogen-bond acceptors (Lipinski definition) is 5. The summed E-state index contributed by atoms with van der Waals surface area (Å²) >= 11 is 0. The number of carbonyl (C=O) groups is 2. The summed E-state index contributed by atoms with van der Waals surface area (Å²) < 4.78 is 1.46. The number of carbonyl (C=O) groups excluding carboxylic acids is 1. The first kappa shape index (κ1) is 15.6. The molecular weight excluding hydrogens is 286 g/mol. The van der Waals surface area contributed by atoms with Crippen molar-refractivity contribution in [2.24, 2.45) is 0 Å². The van der Waals surface area contributed by atoms with Gasteiger partial charge in [0, 0.05) is 6.20 Å². The van der Waals surface area contributed by atoms with Crippen molar-refractivity contribution in [3.8, 4) is 5.82 Å². The van der Waals surface area contributed by atoms with Crippen LogP contribution in [0.4, 0.5) is 0 Å². The minimum absolute atomic E-state index is 0.298. The number of aliphatic carboxylic acids is 1. The van der Waals surface area contributed by atoms with E-state index in [0.717, 1.165) is 12.8 Å². The van der Waals surface area contributed by atoms with Gasteiger partial charge in [-0.15, -0.1) is 0 Å². The first-order chi connectivity index (χ1) is 10.6. The molecule has 1 atom stereocenters. The van der Waals surface area contributed by atoms with Gasteiger partial charge in [0.1, 0.15) is 18.7 Å². The van der Waals surface area contributed by atoms with Crippen molar-refractivity contribution < 1.29 is 14.7 Å². The lowest BCUT2D eigenvalue weighted by Crippen LogP contribution is -2.40. The van der Waals surface area contributed by atoms with Crippen molar-refractivity contribution in [2.75, 3.05) is 0 Å². The monoisotopic (exact) mass is 303 g/mol. The molecule has 0 saturated carbocycles. The molecule has 22 heavy (non-hydrogen) atoms. The molecule has 2 heterocycles. The summed E-state index contributed by atoms with van der Waals surface area (Å²) in [7, 11) is 0.